The first-order valence-electron chi connectivity index (χ1n) is 8.13. The Morgan fingerprint density at radius 2 is 1.85 bits per heavy atom. The number of hydrogen-bond acceptors (Lipinski definition) is 7. The summed E-state index contributed by atoms with van der Waals surface area (Å²) in [4.78, 5) is 2.86. The van der Waals surface area contributed by atoms with Crippen molar-refractivity contribution in [2.24, 2.45) is 16.6 Å². The Bertz CT molecular complexity index is 852. The molecule has 0 bridgehead atoms. The van der Waals surface area contributed by atoms with E-state index >= 15 is 0 Å². The normalized spacial score (nSPS) is 30.5. The van der Waals surface area contributed by atoms with Gasteiger partial charge in [-0.1, -0.05) is 6.07 Å². The molecular formula is C18H21N4O4+. The molecular weight excluding hydrogens is 336 g/mol. The van der Waals surface area contributed by atoms with E-state index < -0.39 is 22.7 Å². The fourth-order valence-corrected chi connectivity index (χ4v) is 4.25. The third kappa shape index (κ3) is 1.75. The Hall–Kier alpha value is -2.81. The zero-order valence-corrected chi connectivity index (χ0v) is 15.1. The van der Waals surface area contributed by atoms with E-state index in [0.717, 1.165) is 5.56 Å². The number of nitrogens with one attached hydrogen (secondary N) is 1. The first-order chi connectivity index (χ1) is 12.5. The highest BCUT2D eigenvalue weighted by molar-refractivity contribution is 5.95. The highest BCUT2D eigenvalue weighted by Crippen LogP contribution is 2.78. The number of methoxy groups -OCH3 is 3. The molecule has 0 aromatic heterocycles. The molecule has 1 aromatic rings. The SMILES string of the molecule is CCOc1ccc([C@H]2[C@]3(C#N)C(N)=[NH+]C(OC)(OC)[C@]23C#N)cc1OC. The average Bonchev–Trinajstić information content (AvgIpc) is 3.24. The van der Waals surface area contributed by atoms with Crippen LogP contribution in [-0.2, 0) is 9.47 Å². The molecule has 26 heavy (non-hydrogen) atoms. The van der Waals surface area contributed by atoms with Crippen LogP contribution >= 0.6 is 0 Å². The molecule has 1 heterocycles. The molecule has 136 valence electrons. The molecule has 0 unspecified atom stereocenters. The molecule has 0 saturated heterocycles. The minimum atomic E-state index is -1.52. The minimum Gasteiger partial charge on any atom is -0.493 e. The van der Waals surface area contributed by atoms with Crippen molar-refractivity contribution in [2.45, 2.75) is 18.8 Å². The first kappa shape index (κ1) is 18.0. The summed E-state index contributed by atoms with van der Waals surface area (Å²) in [5.41, 5.74) is 4.26. The zero-order chi connectivity index (χ0) is 19.2. The van der Waals surface area contributed by atoms with Gasteiger partial charge < -0.3 is 18.9 Å². The Morgan fingerprint density at radius 3 is 2.35 bits per heavy atom. The van der Waals surface area contributed by atoms with Crippen LogP contribution < -0.4 is 20.2 Å². The van der Waals surface area contributed by atoms with Crippen LogP contribution in [0.1, 0.15) is 18.4 Å². The van der Waals surface area contributed by atoms with E-state index in [1.165, 1.54) is 21.3 Å². The Kier molecular flexibility index (Phi) is 4.06. The summed E-state index contributed by atoms with van der Waals surface area (Å²) in [5.74, 6) is -0.805. The monoisotopic (exact) mass is 357 g/mol. The summed E-state index contributed by atoms with van der Waals surface area (Å²) in [5, 5.41) is 20.0. The fraction of sp³-hybridized carbons (Fsp3) is 0.500. The summed E-state index contributed by atoms with van der Waals surface area (Å²) in [6.45, 7) is 2.37. The van der Waals surface area contributed by atoms with Crippen LogP contribution in [0.5, 0.6) is 11.5 Å². The Labute approximate surface area is 151 Å². The van der Waals surface area contributed by atoms with Crippen molar-refractivity contribution in [1.29, 1.82) is 10.5 Å². The lowest BCUT2D eigenvalue weighted by Gasteiger charge is -2.26. The second kappa shape index (κ2) is 5.87. The molecule has 0 amide bonds. The predicted molar refractivity (Wildman–Crippen MR) is 89.9 cm³/mol. The lowest BCUT2D eigenvalue weighted by molar-refractivity contribution is -0.687. The van der Waals surface area contributed by atoms with Crippen molar-refractivity contribution in [2.75, 3.05) is 27.9 Å². The largest absolute Gasteiger partial charge is 0.493 e. The van der Waals surface area contributed by atoms with Gasteiger partial charge in [0.05, 0.1) is 25.9 Å². The molecule has 1 saturated carbocycles. The minimum absolute atomic E-state index is 0.156. The standard InChI is InChI=1S/C18H20N4O4/c1-5-26-12-7-6-11(8-13(12)23-2)14-16(9-19)15(21)22-18(24-3,25-4)17(14,16)10-20/h6-8,14H,5H2,1-4H3,(H2,21,22)/p+1/t14-,16+,17+/m0/s1. The van der Waals surface area contributed by atoms with Crippen LogP contribution in [-0.4, -0.2) is 39.7 Å². The maximum absolute atomic E-state index is 10.1. The number of nitrogens with two attached hydrogens (primary N) is 1. The van der Waals surface area contributed by atoms with Crippen molar-refractivity contribution in [3.8, 4) is 23.6 Å². The van der Waals surface area contributed by atoms with Gasteiger partial charge in [0.15, 0.2) is 22.3 Å². The van der Waals surface area contributed by atoms with Crippen molar-refractivity contribution < 1.29 is 23.9 Å². The van der Waals surface area contributed by atoms with Crippen LogP contribution in [0.3, 0.4) is 0 Å². The van der Waals surface area contributed by atoms with Crippen molar-refractivity contribution in [3.05, 3.63) is 23.8 Å². The third-order valence-electron chi connectivity index (χ3n) is 5.40. The van der Waals surface area contributed by atoms with Gasteiger partial charge in [0.25, 0.3) is 5.84 Å². The van der Waals surface area contributed by atoms with Gasteiger partial charge in [-0.25, -0.2) is 4.99 Å². The van der Waals surface area contributed by atoms with Gasteiger partial charge in [-0.2, -0.15) is 10.5 Å². The van der Waals surface area contributed by atoms with Crippen LogP contribution in [0.25, 0.3) is 0 Å². The first-order valence-corrected chi connectivity index (χ1v) is 8.13. The van der Waals surface area contributed by atoms with E-state index in [4.69, 9.17) is 24.7 Å². The van der Waals surface area contributed by atoms with E-state index in [-0.39, 0.29) is 5.84 Å². The topological polar surface area (TPSA) is 124 Å². The predicted octanol–water partition coefficient (Wildman–Crippen LogP) is -0.391. The summed E-state index contributed by atoms with van der Waals surface area (Å²) < 4.78 is 21.9. The van der Waals surface area contributed by atoms with Gasteiger partial charge in [-0.3, -0.25) is 5.73 Å². The highest BCUT2D eigenvalue weighted by atomic mass is 16.7. The second-order valence-electron chi connectivity index (χ2n) is 6.18. The number of rotatable bonds is 6. The van der Waals surface area contributed by atoms with Gasteiger partial charge in [0.1, 0.15) is 0 Å². The average molecular weight is 357 g/mol. The molecule has 0 radical (unpaired) electrons. The number of nitrogens with zero attached hydrogens (tertiary/aromatic N) is 2. The van der Waals surface area contributed by atoms with E-state index in [9.17, 15) is 10.5 Å². The molecule has 1 aliphatic heterocycles. The van der Waals surface area contributed by atoms with Crippen LogP contribution in [0, 0.1) is 33.5 Å². The van der Waals surface area contributed by atoms with E-state index in [0.29, 0.717) is 18.1 Å². The number of ether oxygens (including phenoxy) is 4. The molecule has 2 aliphatic rings. The summed E-state index contributed by atoms with van der Waals surface area (Å²) in [6.07, 6.45) is 0. The summed E-state index contributed by atoms with van der Waals surface area (Å²) in [6, 6.07) is 9.79. The van der Waals surface area contributed by atoms with Crippen LogP contribution in [0.15, 0.2) is 18.2 Å². The number of nitriles is 2. The molecule has 3 N–H and O–H groups in total. The van der Waals surface area contributed by atoms with Gasteiger partial charge >= 0.3 is 5.91 Å². The number of fused-ring (bicyclic) bond motifs is 1. The number of amidine groups is 1. The Morgan fingerprint density at radius 1 is 1.15 bits per heavy atom. The molecule has 1 fully saturated rings. The van der Waals surface area contributed by atoms with Crippen LogP contribution in [0.4, 0.5) is 0 Å². The molecule has 1 aromatic carbocycles. The number of hydrogen-bond donors (Lipinski definition) is 2. The molecule has 8 heteroatoms. The van der Waals surface area contributed by atoms with Crippen LogP contribution in [0.2, 0.25) is 0 Å². The summed E-state index contributed by atoms with van der Waals surface area (Å²) in [7, 11) is 4.35. The third-order valence-corrected chi connectivity index (χ3v) is 5.40. The molecule has 3 rings (SSSR count). The fourth-order valence-electron chi connectivity index (χ4n) is 4.25. The molecule has 0 spiro atoms. The van der Waals surface area contributed by atoms with Gasteiger partial charge in [0.2, 0.25) is 0 Å². The van der Waals surface area contributed by atoms with E-state index in [1.54, 1.807) is 18.2 Å². The maximum Gasteiger partial charge on any atom is 0.342 e. The molecule has 8 nitrogen and oxygen atoms in total. The van der Waals surface area contributed by atoms with E-state index in [1.807, 2.05) is 6.92 Å². The lowest BCUT2D eigenvalue weighted by atomic mass is 9.93. The molecule has 3 atom stereocenters. The maximum atomic E-state index is 10.1. The van der Waals surface area contributed by atoms with Gasteiger partial charge in [-0.15, -0.1) is 0 Å². The zero-order valence-electron chi connectivity index (χ0n) is 15.1. The second-order valence-corrected chi connectivity index (χ2v) is 6.18. The van der Waals surface area contributed by atoms with Crippen molar-refractivity contribution >= 4 is 5.84 Å². The highest BCUT2D eigenvalue weighted by Gasteiger charge is 2.97. The van der Waals surface area contributed by atoms with Crippen molar-refractivity contribution in [1.82, 2.24) is 0 Å². The van der Waals surface area contributed by atoms with Crippen molar-refractivity contribution in [3.63, 3.8) is 0 Å². The quantitative estimate of drug-likeness (QED) is 0.664. The lowest BCUT2D eigenvalue weighted by Crippen LogP contribution is -2.90. The van der Waals surface area contributed by atoms with E-state index in [2.05, 4.69) is 17.1 Å². The van der Waals surface area contributed by atoms with Gasteiger partial charge in [0, 0.05) is 20.1 Å². The smallest absolute Gasteiger partial charge is 0.342 e. The summed E-state index contributed by atoms with van der Waals surface area (Å²) >= 11 is 0. The Balaban J connectivity index is 2.18. The van der Waals surface area contributed by atoms with Gasteiger partial charge in [-0.05, 0) is 24.6 Å². The molecule has 1 aliphatic carbocycles. The number of benzene rings is 1.